The molecule has 2 heterocycles. The van der Waals surface area contributed by atoms with Crippen molar-refractivity contribution in [1.82, 2.24) is 14.6 Å². The lowest BCUT2D eigenvalue weighted by atomic mass is 10.2. The van der Waals surface area contributed by atoms with Crippen molar-refractivity contribution in [2.24, 2.45) is 0 Å². The van der Waals surface area contributed by atoms with Gasteiger partial charge in [0.2, 0.25) is 0 Å². The molecule has 4 heteroatoms. The van der Waals surface area contributed by atoms with Crippen LogP contribution < -0.4 is 5.73 Å². The van der Waals surface area contributed by atoms with E-state index in [1.807, 2.05) is 42.6 Å². The van der Waals surface area contributed by atoms with Gasteiger partial charge in [-0.3, -0.25) is 0 Å². The van der Waals surface area contributed by atoms with E-state index >= 15 is 0 Å². The third-order valence-electron chi connectivity index (χ3n) is 2.41. The van der Waals surface area contributed by atoms with Gasteiger partial charge < -0.3 is 5.73 Å². The zero-order valence-electron chi connectivity index (χ0n) is 8.54. The van der Waals surface area contributed by atoms with Gasteiger partial charge in [-0.1, -0.05) is 30.3 Å². The maximum Gasteiger partial charge on any atom is 0.154 e. The molecule has 1 aromatic carbocycles. The normalized spacial score (nSPS) is 10.8. The number of benzene rings is 1. The summed E-state index contributed by atoms with van der Waals surface area (Å²) in [5.74, 6) is 0.490. The van der Waals surface area contributed by atoms with Crippen LogP contribution in [0.4, 0.5) is 5.82 Å². The second kappa shape index (κ2) is 3.34. The van der Waals surface area contributed by atoms with Crippen LogP contribution in [0.2, 0.25) is 0 Å². The summed E-state index contributed by atoms with van der Waals surface area (Å²) in [5.41, 5.74) is 8.39. The molecule has 0 spiro atoms. The number of aromatic nitrogens is 3. The Morgan fingerprint density at radius 1 is 1.00 bits per heavy atom. The number of hydrogen-bond donors (Lipinski definition) is 1. The average molecular weight is 210 g/mol. The molecule has 0 aliphatic rings. The number of imidazole rings is 1. The number of nitrogens with two attached hydrogens (primary N) is 1. The van der Waals surface area contributed by atoms with Crippen molar-refractivity contribution in [3.05, 3.63) is 48.7 Å². The summed E-state index contributed by atoms with van der Waals surface area (Å²) in [6, 6.07) is 13.6. The van der Waals surface area contributed by atoms with Gasteiger partial charge in [0, 0.05) is 5.56 Å². The van der Waals surface area contributed by atoms with Crippen LogP contribution in [0, 0.1) is 0 Å². The number of hydrogen-bond acceptors (Lipinski definition) is 3. The van der Waals surface area contributed by atoms with E-state index in [2.05, 4.69) is 10.1 Å². The molecule has 0 atom stereocenters. The first-order valence-corrected chi connectivity index (χ1v) is 5.00. The maximum absolute atomic E-state index is 5.61. The lowest BCUT2D eigenvalue weighted by molar-refractivity contribution is 0.946. The second-order valence-corrected chi connectivity index (χ2v) is 3.55. The smallest absolute Gasteiger partial charge is 0.154 e. The third kappa shape index (κ3) is 1.40. The van der Waals surface area contributed by atoms with Crippen LogP contribution >= 0.6 is 0 Å². The molecular formula is C12H10N4. The van der Waals surface area contributed by atoms with Gasteiger partial charge in [0.25, 0.3) is 0 Å². The highest BCUT2D eigenvalue weighted by Crippen LogP contribution is 2.18. The molecule has 0 saturated carbocycles. The van der Waals surface area contributed by atoms with E-state index < -0.39 is 0 Å². The van der Waals surface area contributed by atoms with Gasteiger partial charge >= 0.3 is 0 Å². The van der Waals surface area contributed by atoms with E-state index in [-0.39, 0.29) is 0 Å². The summed E-state index contributed by atoms with van der Waals surface area (Å²) in [6.07, 6.45) is 1.88. The van der Waals surface area contributed by atoms with Crippen molar-refractivity contribution < 1.29 is 0 Å². The molecule has 0 bridgehead atoms. The predicted octanol–water partition coefficient (Wildman–Crippen LogP) is 1.98. The monoisotopic (exact) mass is 210 g/mol. The molecule has 2 aromatic heterocycles. The van der Waals surface area contributed by atoms with Crippen LogP contribution in [0.25, 0.3) is 16.9 Å². The highest BCUT2D eigenvalue weighted by molar-refractivity contribution is 5.62. The summed E-state index contributed by atoms with van der Waals surface area (Å²) in [4.78, 5) is 4.47. The molecule has 0 amide bonds. The average Bonchev–Trinajstić information content (AvgIpc) is 2.73. The minimum atomic E-state index is 0.490. The molecule has 16 heavy (non-hydrogen) atoms. The van der Waals surface area contributed by atoms with Gasteiger partial charge in [-0.25, -0.2) is 9.50 Å². The van der Waals surface area contributed by atoms with Crippen LogP contribution in [0.5, 0.6) is 0 Å². The molecule has 0 aliphatic carbocycles. The molecule has 0 fully saturated rings. The first kappa shape index (κ1) is 8.91. The first-order chi connectivity index (χ1) is 7.83. The van der Waals surface area contributed by atoms with E-state index in [1.54, 1.807) is 10.6 Å². The lowest BCUT2D eigenvalue weighted by Crippen LogP contribution is -1.95. The highest BCUT2D eigenvalue weighted by Gasteiger charge is 2.04. The summed E-state index contributed by atoms with van der Waals surface area (Å²) >= 11 is 0. The van der Waals surface area contributed by atoms with Gasteiger partial charge in [0.05, 0.1) is 11.9 Å². The Labute approximate surface area is 92.4 Å². The number of nitrogen functional groups attached to an aromatic ring is 1. The quantitative estimate of drug-likeness (QED) is 0.668. The molecule has 2 N–H and O–H groups in total. The van der Waals surface area contributed by atoms with E-state index in [0.717, 1.165) is 16.9 Å². The first-order valence-electron chi connectivity index (χ1n) is 5.00. The van der Waals surface area contributed by atoms with Crippen molar-refractivity contribution in [1.29, 1.82) is 0 Å². The van der Waals surface area contributed by atoms with Crippen LogP contribution in [0.15, 0.2) is 48.7 Å². The van der Waals surface area contributed by atoms with Crippen molar-refractivity contribution in [2.75, 3.05) is 5.73 Å². The molecule has 0 radical (unpaired) electrons. The molecule has 78 valence electrons. The predicted molar refractivity (Wildman–Crippen MR) is 62.8 cm³/mol. The highest BCUT2D eigenvalue weighted by atomic mass is 15.3. The standard InChI is InChI=1S/C12H10N4/c13-11-6-7-12-14-10(8-16(12)15-11)9-4-2-1-3-5-9/h1-8H,(H2,13,15). The molecule has 3 aromatic rings. The lowest BCUT2D eigenvalue weighted by Gasteiger charge is -1.92. The van der Waals surface area contributed by atoms with Gasteiger partial charge in [-0.15, -0.1) is 5.10 Å². The molecular weight excluding hydrogens is 200 g/mol. The Hall–Kier alpha value is -2.36. The van der Waals surface area contributed by atoms with Crippen LogP contribution in [-0.4, -0.2) is 14.6 Å². The number of nitrogens with zero attached hydrogens (tertiary/aromatic N) is 3. The Bertz CT molecular complexity index is 628. The largest absolute Gasteiger partial charge is 0.382 e. The molecule has 0 unspecified atom stereocenters. The van der Waals surface area contributed by atoms with Gasteiger partial charge in [-0.05, 0) is 12.1 Å². The fourth-order valence-electron chi connectivity index (χ4n) is 1.64. The molecule has 0 aliphatic heterocycles. The van der Waals surface area contributed by atoms with Gasteiger partial charge in [-0.2, -0.15) is 0 Å². The number of anilines is 1. The minimum absolute atomic E-state index is 0.490. The molecule has 3 rings (SSSR count). The topological polar surface area (TPSA) is 56.2 Å². The SMILES string of the molecule is Nc1ccc2nc(-c3ccccc3)cn2n1. The Kier molecular flexibility index (Phi) is 1.86. The zero-order valence-corrected chi connectivity index (χ0v) is 8.54. The van der Waals surface area contributed by atoms with Crippen molar-refractivity contribution >= 4 is 11.5 Å². The van der Waals surface area contributed by atoms with Gasteiger partial charge in [0.1, 0.15) is 5.82 Å². The van der Waals surface area contributed by atoms with Gasteiger partial charge in [0.15, 0.2) is 5.65 Å². The fraction of sp³-hybridized carbons (Fsp3) is 0. The summed E-state index contributed by atoms with van der Waals surface area (Å²) in [7, 11) is 0. The van der Waals surface area contributed by atoms with Crippen molar-refractivity contribution in [2.45, 2.75) is 0 Å². The second-order valence-electron chi connectivity index (χ2n) is 3.55. The minimum Gasteiger partial charge on any atom is -0.382 e. The fourth-order valence-corrected chi connectivity index (χ4v) is 1.64. The Morgan fingerprint density at radius 2 is 1.81 bits per heavy atom. The van der Waals surface area contributed by atoms with Crippen molar-refractivity contribution in [3.8, 4) is 11.3 Å². The molecule has 4 nitrogen and oxygen atoms in total. The van der Waals surface area contributed by atoms with Crippen LogP contribution in [-0.2, 0) is 0 Å². The van der Waals surface area contributed by atoms with Crippen LogP contribution in [0.3, 0.4) is 0 Å². The number of rotatable bonds is 1. The summed E-state index contributed by atoms with van der Waals surface area (Å²) in [6.45, 7) is 0. The maximum atomic E-state index is 5.61. The van der Waals surface area contributed by atoms with E-state index in [0.29, 0.717) is 5.82 Å². The third-order valence-corrected chi connectivity index (χ3v) is 2.41. The molecule has 0 saturated heterocycles. The zero-order chi connectivity index (χ0) is 11.0. The van der Waals surface area contributed by atoms with Crippen LogP contribution in [0.1, 0.15) is 0 Å². The van der Waals surface area contributed by atoms with E-state index in [9.17, 15) is 0 Å². The van der Waals surface area contributed by atoms with E-state index in [1.165, 1.54) is 0 Å². The van der Waals surface area contributed by atoms with E-state index in [4.69, 9.17) is 5.73 Å². The Morgan fingerprint density at radius 3 is 2.62 bits per heavy atom. The Balaban J connectivity index is 2.19. The summed E-state index contributed by atoms with van der Waals surface area (Å²) < 4.78 is 1.69. The summed E-state index contributed by atoms with van der Waals surface area (Å²) in [5, 5.41) is 4.15. The number of fused-ring (bicyclic) bond motifs is 1. The van der Waals surface area contributed by atoms with Crippen molar-refractivity contribution in [3.63, 3.8) is 0 Å².